The molecule has 1 aliphatic rings. The monoisotopic (exact) mass is 245 g/mol. The van der Waals surface area contributed by atoms with Gasteiger partial charge in [-0.3, -0.25) is 4.57 Å². The average Bonchev–Trinajstić information content (AvgIpc) is 2.73. The molecule has 0 amide bonds. The van der Waals surface area contributed by atoms with Crippen molar-refractivity contribution in [2.45, 2.75) is 51.5 Å². The lowest BCUT2D eigenvalue weighted by atomic mass is 10.1. The zero-order valence-corrected chi connectivity index (χ0v) is 12.5. The lowest BCUT2D eigenvalue weighted by molar-refractivity contribution is 0.141. The summed E-state index contributed by atoms with van der Waals surface area (Å²) in [5, 5.41) is 0.148. The quantitative estimate of drug-likeness (QED) is 0.672. The van der Waals surface area contributed by atoms with Crippen molar-refractivity contribution >= 4 is 8.72 Å². The van der Waals surface area contributed by atoms with Gasteiger partial charge in [0.1, 0.15) is 0 Å². The van der Waals surface area contributed by atoms with Crippen LogP contribution in [0.1, 0.15) is 46.5 Å². The van der Waals surface area contributed by atoms with Gasteiger partial charge in [0.05, 0.1) is 0 Å². The molecule has 0 bridgehead atoms. The molecule has 0 spiro atoms. The Morgan fingerprint density at radius 3 is 2.00 bits per heavy atom. The Morgan fingerprint density at radius 2 is 1.62 bits per heavy atom. The van der Waals surface area contributed by atoms with E-state index >= 15 is 0 Å². The van der Waals surface area contributed by atoms with Crippen molar-refractivity contribution in [1.82, 2.24) is 4.57 Å². The first-order valence-electron chi connectivity index (χ1n) is 6.39. The predicted molar refractivity (Wildman–Crippen MR) is 69.5 cm³/mol. The molecule has 16 heavy (non-hydrogen) atoms. The molecule has 4 heteroatoms. The normalized spacial score (nSPS) is 19.3. The van der Waals surface area contributed by atoms with E-state index in [4.69, 9.17) is 8.85 Å². The van der Waals surface area contributed by atoms with E-state index in [0.717, 1.165) is 19.5 Å². The van der Waals surface area contributed by atoms with Gasteiger partial charge in [-0.05, 0) is 32.4 Å². The topological polar surface area (TPSA) is 21.7 Å². The Balaban J connectivity index is 2.93. The molecule has 1 aliphatic heterocycles. The number of rotatable bonds is 6. The third-order valence-electron chi connectivity index (χ3n) is 3.81. The van der Waals surface area contributed by atoms with Gasteiger partial charge in [0.15, 0.2) is 0 Å². The zero-order chi connectivity index (χ0) is 12.2. The predicted octanol–water partition coefficient (Wildman–Crippen LogP) is 2.89. The van der Waals surface area contributed by atoms with Crippen LogP contribution in [0.3, 0.4) is 0 Å². The van der Waals surface area contributed by atoms with Crippen LogP contribution in [0.2, 0.25) is 5.04 Å². The highest BCUT2D eigenvalue weighted by Gasteiger charge is 2.56. The highest BCUT2D eigenvalue weighted by atomic mass is 28.4. The largest absolute Gasteiger partial charge is 0.433 e. The summed E-state index contributed by atoms with van der Waals surface area (Å²) in [4.78, 5) is 0. The fourth-order valence-corrected chi connectivity index (χ4v) is 7.23. The fraction of sp³-hybridized carbons (Fsp3) is 1.00. The van der Waals surface area contributed by atoms with Crippen LogP contribution < -0.4 is 0 Å². The van der Waals surface area contributed by atoms with Crippen molar-refractivity contribution < 1.29 is 8.85 Å². The van der Waals surface area contributed by atoms with E-state index in [2.05, 4.69) is 25.3 Å². The highest BCUT2D eigenvalue weighted by molar-refractivity contribution is 6.67. The van der Waals surface area contributed by atoms with Gasteiger partial charge in [-0.2, -0.15) is 0 Å². The summed E-state index contributed by atoms with van der Waals surface area (Å²) in [6, 6.07) is 0. The Kier molecular flexibility index (Phi) is 4.98. The second-order valence-electron chi connectivity index (χ2n) is 5.32. The molecule has 0 N–H and O–H groups in total. The Bertz CT molecular complexity index is 211. The molecule has 0 saturated carbocycles. The maximum atomic E-state index is 5.93. The van der Waals surface area contributed by atoms with E-state index in [0.29, 0.717) is 0 Å². The van der Waals surface area contributed by atoms with E-state index in [-0.39, 0.29) is 5.04 Å². The van der Waals surface area contributed by atoms with Gasteiger partial charge in [0, 0.05) is 19.3 Å². The summed E-state index contributed by atoms with van der Waals surface area (Å²) in [7, 11) is 1.42. The van der Waals surface area contributed by atoms with Gasteiger partial charge < -0.3 is 8.85 Å². The molecule has 1 heterocycles. The molecule has 96 valence electrons. The summed E-state index contributed by atoms with van der Waals surface area (Å²) >= 11 is 0. The van der Waals surface area contributed by atoms with Crippen molar-refractivity contribution in [2.75, 3.05) is 27.3 Å². The zero-order valence-electron chi connectivity index (χ0n) is 11.5. The average molecular weight is 245 g/mol. The molecule has 0 aromatic rings. The van der Waals surface area contributed by atoms with Crippen molar-refractivity contribution in [3.63, 3.8) is 0 Å². The lowest BCUT2D eigenvalue weighted by Crippen LogP contribution is -2.63. The van der Waals surface area contributed by atoms with Crippen LogP contribution in [0.15, 0.2) is 0 Å². The van der Waals surface area contributed by atoms with Gasteiger partial charge in [-0.15, -0.1) is 0 Å². The van der Waals surface area contributed by atoms with Gasteiger partial charge >= 0.3 is 8.72 Å². The van der Waals surface area contributed by atoms with Crippen LogP contribution in [0.4, 0.5) is 0 Å². The molecule has 0 radical (unpaired) electrons. The molecule has 3 nitrogen and oxygen atoms in total. The Hall–Kier alpha value is 0.0969. The van der Waals surface area contributed by atoms with Crippen molar-refractivity contribution in [3.05, 3.63) is 0 Å². The van der Waals surface area contributed by atoms with Crippen LogP contribution >= 0.6 is 0 Å². The van der Waals surface area contributed by atoms with Crippen LogP contribution in [0, 0.1) is 0 Å². The molecule has 0 aromatic carbocycles. The molecule has 0 atom stereocenters. The standard InChI is InChI=1S/C12H27NO2Si/c1-6-9-12(2,3)16(14-4,15-5)13-10-7-8-11-13/h6-11H2,1-5H3. The minimum atomic E-state index is -2.23. The smallest absolute Gasteiger partial charge is 0.386 e. The number of hydrogen-bond acceptors (Lipinski definition) is 3. The van der Waals surface area contributed by atoms with E-state index in [9.17, 15) is 0 Å². The maximum absolute atomic E-state index is 5.93. The van der Waals surface area contributed by atoms with Crippen LogP contribution in [-0.2, 0) is 8.85 Å². The summed E-state index contributed by atoms with van der Waals surface area (Å²) < 4.78 is 14.4. The first kappa shape index (κ1) is 14.2. The summed E-state index contributed by atoms with van der Waals surface area (Å²) in [6.45, 7) is 9.11. The molecular weight excluding hydrogens is 218 g/mol. The fourth-order valence-electron chi connectivity index (χ4n) is 3.12. The van der Waals surface area contributed by atoms with E-state index in [1.165, 1.54) is 19.3 Å². The van der Waals surface area contributed by atoms with E-state index < -0.39 is 8.72 Å². The molecular formula is C12H27NO2Si. The Labute approximate surface area is 101 Å². The van der Waals surface area contributed by atoms with Crippen molar-refractivity contribution in [1.29, 1.82) is 0 Å². The number of hydrogen-bond donors (Lipinski definition) is 0. The van der Waals surface area contributed by atoms with Crippen molar-refractivity contribution in [3.8, 4) is 0 Å². The highest BCUT2D eigenvalue weighted by Crippen LogP contribution is 2.44. The second kappa shape index (κ2) is 5.62. The van der Waals surface area contributed by atoms with Gasteiger partial charge in [-0.25, -0.2) is 0 Å². The molecule has 0 unspecified atom stereocenters. The van der Waals surface area contributed by atoms with E-state index in [1.807, 2.05) is 14.2 Å². The minimum Gasteiger partial charge on any atom is -0.386 e. The third kappa shape index (κ3) is 2.35. The number of nitrogens with zero attached hydrogens (tertiary/aromatic N) is 1. The Morgan fingerprint density at radius 1 is 1.12 bits per heavy atom. The van der Waals surface area contributed by atoms with Crippen LogP contribution in [0.5, 0.6) is 0 Å². The first-order valence-corrected chi connectivity index (χ1v) is 8.16. The maximum Gasteiger partial charge on any atom is 0.433 e. The summed E-state index contributed by atoms with van der Waals surface area (Å²) in [5.41, 5.74) is 0. The molecule has 0 aliphatic carbocycles. The molecule has 1 rings (SSSR count). The molecule has 0 aromatic heterocycles. The van der Waals surface area contributed by atoms with Crippen LogP contribution in [0.25, 0.3) is 0 Å². The summed E-state index contributed by atoms with van der Waals surface area (Å²) in [5.74, 6) is 0. The van der Waals surface area contributed by atoms with Gasteiger partial charge in [0.2, 0.25) is 0 Å². The lowest BCUT2D eigenvalue weighted by Gasteiger charge is -2.46. The summed E-state index contributed by atoms with van der Waals surface area (Å²) in [6.07, 6.45) is 4.91. The second-order valence-corrected chi connectivity index (χ2v) is 9.28. The first-order chi connectivity index (χ1) is 7.54. The molecule has 1 fully saturated rings. The van der Waals surface area contributed by atoms with Crippen LogP contribution in [-0.4, -0.2) is 40.6 Å². The molecule has 1 saturated heterocycles. The minimum absolute atomic E-state index is 0.148. The third-order valence-corrected chi connectivity index (χ3v) is 8.15. The van der Waals surface area contributed by atoms with Gasteiger partial charge in [-0.1, -0.05) is 27.2 Å². The SMILES string of the molecule is CCCC(C)(C)[Si](OC)(OC)N1CCCC1. The van der Waals surface area contributed by atoms with Crippen molar-refractivity contribution in [2.24, 2.45) is 0 Å². The van der Waals surface area contributed by atoms with E-state index in [1.54, 1.807) is 0 Å². The van der Waals surface area contributed by atoms with Gasteiger partial charge in [0.25, 0.3) is 0 Å².